The Labute approximate surface area is 127 Å². The molecule has 0 aliphatic heterocycles. The van der Waals surface area contributed by atoms with E-state index in [1.54, 1.807) is 31.4 Å². The van der Waals surface area contributed by atoms with Gasteiger partial charge in [0.2, 0.25) is 0 Å². The zero-order valence-electron chi connectivity index (χ0n) is 11.4. The average Bonchev–Trinajstić information content (AvgIpc) is 2.48. The van der Waals surface area contributed by atoms with E-state index in [9.17, 15) is 5.11 Å². The van der Waals surface area contributed by atoms with Gasteiger partial charge in [-0.2, -0.15) is 0 Å². The summed E-state index contributed by atoms with van der Waals surface area (Å²) < 4.78 is 5.30. The first-order chi connectivity index (χ1) is 10.2. The highest BCUT2D eigenvalue weighted by molar-refractivity contribution is 6.31. The third-order valence-corrected chi connectivity index (χ3v) is 3.53. The number of rotatable bonds is 3. The number of nitrogens with one attached hydrogen (secondary N) is 1. The first-order valence-electron chi connectivity index (χ1n) is 6.50. The van der Waals surface area contributed by atoms with Crippen LogP contribution in [0.2, 0.25) is 5.02 Å². The van der Waals surface area contributed by atoms with E-state index >= 15 is 0 Å². The maximum Gasteiger partial charge on any atom is 0.142 e. The summed E-state index contributed by atoms with van der Waals surface area (Å²) in [6.45, 7) is 0. The van der Waals surface area contributed by atoms with Gasteiger partial charge in [-0.3, -0.25) is 0 Å². The molecular formula is C17H14ClNO2. The predicted molar refractivity (Wildman–Crippen MR) is 86.9 cm³/mol. The minimum absolute atomic E-state index is 0.177. The van der Waals surface area contributed by atoms with Crippen molar-refractivity contribution in [1.29, 1.82) is 0 Å². The molecule has 0 aromatic heterocycles. The van der Waals surface area contributed by atoms with Gasteiger partial charge in [-0.05, 0) is 41.1 Å². The SMILES string of the molecule is COc1ccc(Cl)cc1Nc1cc2ccccc2cc1O. The molecule has 106 valence electrons. The van der Waals surface area contributed by atoms with Gasteiger partial charge in [-0.1, -0.05) is 35.9 Å². The molecule has 0 radical (unpaired) electrons. The van der Waals surface area contributed by atoms with E-state index in [0.717, 1.165) is 10.8 Å². The monoisotopic (exact) mass is 299 g/mol. The molecule has 0 spiro atoms. The number of phenolic OH excluding ortho intramolecular Hbond substituents is 1. The first-order valence-corrected chi connectivity index (χ1v) is 6.87. The summed E-state index contributed by atoms with van der Waals surface area (Å²) in [5, 5.41) is 16.0. The Morgan fingerprint density at radius 1 is 0.952 bits per heavy atom. The molecular weight excluding hydrogens is 286 g/mol. The van der Waals surface area contributed by atoms with Gasteiger partial charge in [-0.15, -0.1) is 0 Å². The lowest BCUT2D eigenvalue weighted by Crippen LogP contribution is -1.95. The number of aromatic hydroxyl groups is 1. The van der Waals surface area contributed by atoms with Crippen molar-refractivity contribution >= 4 is 33.7 Å². The molecule has 0 saturated heterocycles. The van der Waals surface area contributed by atoms with E-state index in [-0.39, 0.29) is 5.75 Å². The fraction of sp³-hybridized carbons (Fsp3) is 0.0588. The Kier molecular flexibility index (Phi) is 3.59. The van der Waals surface area contributed by atoms with Gasteiger partial charge in [0.25, 0.3) is 0 Å². The van der Waals surface area contributed by atoms with Crippen LogP contribution in [0.15, 0.2) is 54.6 Å². The highest BCUT2D eigenvalue weighted by atomic mass is 35.5. The number of phenols is 1. The normalized spacial score (nSPS) is 10.6. The van der Waals surface area contributed by atoms with Crippen molar-refractivity contribution in [2.24, 2.45) is 0 Å². The number of benzene rings is 3. The van der Waals surface area contributed by atoms with E-state index in [0.29, 0.717) is 22.1 Å². The summed E-state index contributed by atoms with van der Waals surface area (Å²) in [4.78, 5) is 0. The van der Waals surface area contributed by atoms with Gasteiger partial charge in [0.05, 0.1) is 18.5 Å². The largest absolute Gasteiger partial charge is 0.506 e. The van der Waals surface area contributed by atoms with Crippen LogP contribution in [0.25, 0.3) is 10.8 Å². The topological polar surface area (TPSA) is 41.5 Å². The molecule has 3 rings (SSSR count). The van der Waals surface area contributed by atoms with Crippen molar-refractivity contribution in [3.8, 4) is 11.5 Å². The van der Waals surface area contributed by atoms with Crippen LogP contribution in [0.1, 0.15) is 0 Å². The Morgan fingerprint density at radius 2 is 1.67 bits per heavy atom. The Hall–Kier alpha value is -2.39. The third kappa shape index (κ3) is 2.73. The number of hydrogen-bond acceptors (Lipinski definition) is 3. The summed E-state index contributed by atoms with van der Waals surface area (Å²) in [7, 11) is 1.59. The number of halogens is 1. The number of hydrogen-bond donors (Lipinski definition) is 2. The summed E-state index contributed by atoms with van der Waals surface area (Å²) in [5.74, 6) is 0.836. The summed E-state index contributed by atoms with van der Waals surface area (Å²) in [5.41, 5.74) is 1.31. The van der Waals surface area contributed by atoms with Crippen LogP contribution in [0.3, 0.4) is 0 Å². The van der Waals surface area contributed by atoms with Crippen molar-refractivity contribution in [2.75, 3.05) is 12.4 Å². The van der Waals surface area contributed by atoms with Gasteiger partial charge in [0.1, 0.15) is 11.5 Å². The predicted octanol–water partition coefficient (Wildman–Crippen LogP) is 4.95. The van der Waals surface area contributed by atoms with E-state index in [4.69, 9.17) is 16.3 Å². The van der Waals surface area contributed by atoms with E-state index < -0.39 is 0 Å². The molecule has 21 heavy (non-hydrogen) atoms. The molecule has 3 aromatic rings. The third-order valence-electron chi connectivity index (χ3n) is 3.29. The highest BCUT2D eigenvalue weighted by Crippen LogP contribution is 2.35. The molecule has 0 aliphatic rings. The van der Waals surface area contributed by atoms with Crippen molar-refractivity contribution in [3.05, 3.63) is 59.6 Å². The number of ether oxygens (including phenoxy) is 1. The van der Waals surface area contributed by atoms with Crippen LogP contribution >= 0.6 is 11.6 Å². The lowest BCUT2D eigenvalue weighted by Gasteiger charge is -2.13. The maximum atomic E-state index is 10.2. The molecule has 2 N–H and O–H groups in total. The molecule has 0 bridgehead atoms. The number of fused-ring (bicyclic) bond motifs is 1. The highest BCUT2D eigenvalue weighted by Gasteiger charge is 2.08. The van der Waals surface area contributed by atoms with Gasteiger partial charge < -0.3 is 15.2 Å². The maximum absolute atomic E-state index is 10.2. The van der Waals surface area contributed by atoms with E-state index in [1.807, 2.05) is 30.3 Å². The summed E-state index contributed by atoms with van der Waals surface area (Å²) in [6, 6.07) is 16.8. The van der Waals surface area contributed by atoms with Crippen molar-refractivity contribution in [2.45, 2.75) is 0 Å². The quantitative estimate of drug-likeness (QED) is 0.672. The van der Waals surface area contributed by atoms with E-state index in [2.05, 4.69) is 5.32 Å². The first kappa shape index (κ1) is 13.6. The zero-order chi connectivity index (χ0) is 14.8. The molecule has 0 saturated carbocycles. The summed E-state index contributed by atoms with van der Waals surface area (Å²) >= 11 is 6.02. The lowest BCUT2D eigenvalue weighted by atomic mass is 10.1. The van der Waals surface area contributed by atoms with Gasteiger partial charge in [-0.25, -0.2) is 0 Å². The molecule has 0 amide bonds. The van der Waals surface area contributed by atoms with E-state index in [1.165, 1.54) is 0 Å². The molecule has 4 heteroatoms. The fourth-order valence-corrected chi connectivity index (χ4v) is 2.42. The van der Waals surface area contributed by atoms with Crippen LogP contribution in [-0.4, -0.2) is 12.2 Å². The van der Waals surface area contributed by atoms with Crippen LogP contribution < -0.4 is 10.1 Å². The molecule has 3 nitrogen and oxygen atoms in total. The zero-order valence-corrected chi connectivity index (χ0v) is 12.2. The molecule has 0 atom stereocenters. The van der Waals surface area contributed by atoms with Gasteiger partial charge in [0.15, 0.2) is 0 Å². The smallest absolute Gasteiger partial charge is 0.142 e. The molecule has 0 unspecified atom stereocenters. The lowest BCUT2D eigenvalue weighted by molar-refractivity contribution is 0.416. The summed E-state index contributed by atoms with van der Waals surface area (Å²) in [6.07, 6.45) is 0. The standard InChI is InChI=1S/C17H14ClNO2/c1-21-17-7-6-13(18)10-15(17)19-14-8-11-4-2-3-5-12(11)9-16(14)20/h2-10,19-20H,1H3. The molecule has 0 heterocycles. The van der Waals surface area contributed by atoms with Gasteiger partial charge in [0, 0.05) is 5.02 Å². The number of anilines is 2. The second-order valence-electron chi connectivity index (χ2n) is 4.69. The van der Waals surface area contributed by atoms with Crippen LogP contribution in [-0.2, 0) is 0 Å². The van der Waals surface area contributed by atoms with Crippen molar-refractivity contribution < 1.29 is 9.84 Å². The van der Waals surface area contributed by atoms with Crippen LogP contribution in [0.4, 0.5) is 11.4 Å². The van der Waals surface area contributed by atoms with Crippen LogP contribution in [0.5, 0.6) is 11.5 Å². The number of methoxy groups -OCH3 is 1. The second kappa shape index (κ2) is 5.54. The van der Waals surface area contributed by atoms with Crippen molar-refractivity contribution in [1.82, 2.24) is 0 Å². The molecule has 0 fully saturated rings. The Morgan fingerprint density at radius 3 is 2.38 bits per heavy atom. The minimum atomic E-state index is 0.177. The Balaban J connectivity index is 2.05. The van der Waals surface area contributed by atoms with Crippen LogP contribution in [0, 0.1) is 0 Å². The fourth-order valence-electron chi connectivity index (χ4n) is 2.25. The minimum Gasteiger partial charge on any atom is -0.506 e. The van der Waals surface area contributed by atoms with Gasteiger partial charge >= 0.3 is 0 Å². The Bertz CT molecular complexity index is 802. The molecule has 0 aliphatic carbocycles. The average molecular weight is 300 g/mol. The molecule has 3 aromatic carbocycles. The van der Waals surface area contributed by atoms with Crippen molar-refractivity contribution in [3.63, 3.8) is 0 Å². The second-order valence-corrected chi connectivity index (χ2v) is 5.12.